The zero-order valence-corrected chi connectivity index (χ0v) is 10.4. The third-order valence-corrected chi connectivity index (χ3v) is 3.09. The van der Waals surface area contributed by atoms with Crippen LogP contribution in [0, 0.1) is 12.8 Å². The molecule has 5 heteroatoms. The lowest BCUT2D eigenvalue weighted by Crippen LogP contribution is -2.27. The lowest BCUT2D eigenvalue weighted by atomic mass is 9.91. The quantitative estimate of drug-likeness (QED) is 0.866. The highest BCUT2D eigenvalue weighted by Crippen LogP contribution is 2.26. The molecule has 3 N–H and O–H groups in total. The summed E-state index contributed by atoms with van der Waals surface area (Å²) in [7, 11) is 0. The largest absolute Gasteiger partial charge is 0.481 e. The van der Waals surface area contributed by atoms with E-state index in [2.05, 4.69) is 4.98 Å². The molecule has 0 aliphatic heterocycles. The monoisotopic (exact) mass is 248 g/mol. The Morgan fingerprint density at radius 1 is 1.56 bits per heavy atom. The van der Waals surface area contributed by atoms with Crippen LogP contribution in [0.25, 0.3) is 11.1 Å². The van der Waals surface area contributed by atoms with Gasteiger partial charge in [0.15, 0.2) is 11.5 Å². The second-order valence-corrected chi connectivity index (χ2v) is 4.34. The minimum atomic E-state index is -0.874. The molecule has 0 bridgehead atoms. The van der Waals surface area contributed by atoms with Gasteiger partial charge in [-0.3, -0.25) is 4.79 Å². The van der Waals surface area contributed by atoms with Crippen LogP contribution in [0.15, 0.2) is 22.6 Å². The summed E-state index contributed by atoms with van der Waals surface area (Å²) < 4.78 is 5.37. The van der Waals surface area contributed by atoms with E-state index in [1.54, 1.807) is 25.1 Å². The van der Waals surface area contributed by atoms with E-state index >= 15 is 0 Å². The summed E-state index contributed by atoms with van der Waals surface area (Å²) >= 11 is 0. The molecule has 1 aromatic heterocycles. The molecule has 2 rings (SSSR count). The molecule has 2 atom stereocenters. The summed E-state index contributed by atoms with van der Waals surface area (Å²) in [5, 5.41) is 9.11. The average molecular weight is 248 g/mol. The Kier molecular flexibility index (Phi) is 3.34. The van der Waals surface area contributed by atoms with Gasteiger partial charge in [0.05, 0.1) is 5.92 Å². The Bertz CT molecular complexity index is 577. The van der Waals surface area contributed by atoms with Crippen LogP contribution < -0.4 is 5.73 Å². The van der Waals surface area contributed by atoms with Crippen molar-refractivity contribution in [3.63, 3.8) is 0 Å². The minimum absolute atomic E-state index is 0.492. The summed E-state index contributed by atoms with van der Waals surface area (Å²) in [4.78, 5) is 15.3. The van der Waals surface area contributed by atoms with Gasteiger partial charge in [-0.1, -0.05) is 13.0 Å². The first kappa shape index (κ1) is 12.6. The third-order valence-electron chi connectivity index (χ3n) is 3.09. The van der Waals surface area contributed by atoms with Crippen LogP contribution in [-0.4, -0.2) is 16.1 Å². The lowest BCUT2D eigenvalue weighted by molar-refractivity contribution is -0.142. The van der Waals surface area contributed by atoms with Gasteiger partial charge in [-0.15, -0.1) is 0 Å². The molecule has 0 fully saturated rings. The zero-order valence-electron chi connectivity index (χ0n) is 10.4. The number of benzene rings is 1. The van der Waals surface area contributed by atoms with Crippen molar-refractivity contribution < 1.29 is 14.3 Å². The van der Waals surface area contributed by atoms with Crippen molar-refractivity contribution in [1.82, 2.24) is 4.98 Å². The first-order valence-corrected chi connectivity index (χ1v) is 5.88. The zero-order chi connectivity index (χ0) is 13.3. The maximum Gasteiger partial charge on any atom is 0.308 e. The van der Waals surface area contributed by atoms with E-state index in [9.17, 15) is 4.79 Å². The lowest BCUT2D eigenvalue weighted by Gasteiger charge is -2.18. The number of fused-ring (bicyclic) bond motifs is 1. The van der Waals surface area contributed by atoms with Crippen LogP contribution in [0.2, 0.25) is 0 Å². The Hall–Kier alpha value is -1.88. The smallest absolute Gasteiger partial charge is 0.308 e. The standard InChI is InChI=1S/C13H16N2O3/c1-3-9(13(16)17)12(14)8-4-5-11-10(6-8)15-7(2)18-11/h4-6,9,12H,3,14H2,1-2H3,(H,16,17). The second kappa shape index (κ2) is 4.78. The van der Waals surface area contributed by atoms with Crippen molar-refractivity contribution >= 4 is 17.1 Å². The molecule has 0 aliphatic carbocycles. The third kappa shape index (κ3) is 2.22. The number of carboxylic acid groups (broad SMARTS) is 1. The van der Waals surface area contributed by atoms with E-state index in [1.165, 1.54) is 0 Å². The highest BCUT2D eigenvalue weighted by atomic mass is 16.4. The SMILES string of the molecule is CCC(C(=O)O)C(N)c1ccc2oc(C)nc2c1. The van der Waals surface area contributed by atoms with Gasteiger partial charge in [-0.05, 0) is 24.1 Å². The number of nitrogens with two attached hydrogens (primary N) is 1. The van der Waals surface area contributed by atoms with E-state index in [0.29, 0.717) is 23.4 Å². The van der Waals surface area contributed by atoms with E-state index in [0.717, 1.165) is 5.56 Å². The van der Waals surface area contributed by atoms with Gasteiger partial charge in [0, 0.05) is 13.0 Å². The number of hydrogen-bond donors (Lipinski definition) is 2. The fraction of sp³-hybridized carbons (Fsp3) is 0.385. The number of carboxylic acids is 1. The number of rotatable bonds is 4. The molecule has 0 saturated heterocycles. The van der Waals surface area contributed by atoms with Crippen LogP contribution in [0.1, 0.15) is 30.8 Å². The fourth-order valence-corrected chi connectivity index (χ4v) is 2.08. The number of aryl methyl sites for hydroxylation is 1. The van der Waals surface area contributed by atoms with Crippen molar-refractivity contribution in [2.24, 2.45) is 11.7 Å². The van der Waals surface area contributed by atoms with Gasteiger partial charge in [-0.2, -0.15) is 0 Å². The Labute approximate surface area is 105 Å². The van der Waals surface area contributed by atoms with E-state index < -0.39 is 17.9 Å². The van der Waals surface area contributed by atoms with Gasteiger partial charge >= 0.3 is 5.97 Å². The molecule has 18 heavy (non-hydrogen) atoms. The molecule has 0 saturated carbocycles. The number of nitrogens with zero attached hydrogens (tertiary/aromatic N) is 1. The van der Waals surface area contributed by atoms with E-state index in [-0.39, 0.29) is 0 Å². The predicted octanol–water partition coefficient (Wildman–Crippen LogP) is 2.25. The average Bonchev–Trinajstić information content (AvgIpc) is 2.68. The Balaban J connectivity index is 2.37. The molecular formula is C13H16N2O3. The highest BCUT2D eigenvalue weighted by molar-refractivity contribution is 5.75. The van der Waals surface area contributed by atoms with E-state index in [4.69, 9.17) is 15.3 Å². The van der Waals surface area contributed by atoms with Gasteiger partial charge < -0.3 is 15.3 Å². The molecule has 96 valence electrons. The normalized spacial score (nSPS) is 14.6. The van der Waals surface area contributed by atoms with Crippen molar-refractivity contribution in [3.05, 3.63) is 29.7 Å². The summed E-state index contributed by atoms with van der Waals surface area (Å²) in [6, 6.07) is 4.83. The number of oxazole rings is 1. The van der Waals surface area contributed by atoms with Crippen LogP contribution in [0.4, 0.5) is 0 Å². The second-order valence-electron chi connectivity index (χ2n) is 4.34. The first-order chi connectivity index (χ1) is 8.52. The van der Waals surface area contributed by atoms with Crippen molar-refractivity contribution in [2.75, 3.05) is 0 Å². The predicted molar refractivity (Wildman–Crippen MR) is 67.1 cm³/mol. The van der Waals surface area contributed by atoms with Gasteiger partial charge in [0.1, 0.15) is 5.52 Å². The molecule has 0 radical (unpaired) electrons. The Morgan fingerprint density at radius 2 is 2.28 bits per heavy atom. The van der Waals surface area contributed by atoms with Gasteiger partial charge in [0.25, 0.3) is 0 Å². The van der Waals surface area contributed by atoms with Crippen molar-refractivity contribution in [2.45, 2.75) is 26.3 Å². The van der Waals surface area contributed by atoms with E-state index in [1.807, 2.05) is 6.92 Å². The summed E-state index contributed by atoms with van der Waals surface area (Å²) in [5.74, 6) is -0.877. The fourth-order valence-electron chi connectivity index (χ4n) is 2.08. The van der Waals surface area contributed by atoms with Crippen LogP contribution in [-0.2, 0) is 4.79 Å². The van der Waals surface area contributed by atoms with Crippen molar-refractivity contribution in [3.8, 4) is 0 Å². The molecule has 0 amide bonds. The van der Waals surface area contributed by atoms with Crippen LogP contribution in [0.5, 0.6) is 0 Å². The molecule has 0 spiro atoms. The maximum absolute atomic E-state index is 11.1. The molecule has 5 nitrogen and oxygen atoms in total. The molecular weight excluding hydrogens is 232 g/mol. The summed E-state index contributed by atoms with van der Waals surface area (Å²) in [6.07, 6.45) is 0.492. The molecule has 1 aromatic carbocycles. The molecule has 0 aliphatic rings. The highest BCUT2D eigenvalue weighted by Gasteiger charge is 2.25. The molecule has 1 heterocycles. The number of aliphatic carboxylic acids is 1. The molecule has 2 aromatic rings. The summed E-state index contributed by atoms with van der Waals surface area (Å²) in [6.45, 7) is 3.59. The number of aromatic nitrogens is 1. The first-order valence-electron chi connectivity index (χ1n) is 5.88. The Morgan fingerprint density at radius 3 is 2.89 bits per heavy atom. The van der Waals surface area contributed by atoms with Gasteiger partial charge in [0.2, 0.25) is 0 Å². The van der Waals surface area contributed by atoms with Crippen molar-refractivity contribution in [1.29, 1.82) is 0 Å². The van der Waals surface area contributed by atoms with Gasteiger partial charge in [-0.25, -0.2) is 4.98 Å². The molecule has 2 unspecified atom stereocenters. The minimum Gasteiger partial charge on any atom is -0.481 e. The number of carbonyl (C=O) groups is 1. The van der Waals surface area contributed by atoms with Crippen LogP contribution in [0.3, 0.4) is 0 Å². The number of hydrogen-bond acceptors (Lipinski definition) is 4. The van der Waals surface area contributed by atoms with Crippen LogP contribution >= 0.6 is 0 Å². The maximum atomic E-state index is 11.1. The topological polar surface area (TPSA) is 89.3 Å². The summed E-state index contributed by atoms with van der Waals surface area (Å²) in [5.41, 5.74) is 8.17.